The summed E-state index contributed by atoms with van der Waals surface area (Å²) in [4.78, 5) is 0. The Morgan fingerprint density at radius 1 is 1.03 bits per heavy atom. The van der Waals surface area contributed by atoms with E-state index in [9.17, 15) is 31.4 Å². The highest BCUT2D eigenvalue weighted by Gasteiger charge is 2.36. The number of nitrogens with one attached hydrogen (secondary N) is 1. The molecule has 1 fully saturated rings. The van der Waals surface area contributed by atoms with Gasteiger partial charge in [0.2, 0.25) is 0 Å². The third kappa shape index (κ3) is 5.20. The molecule has 188 valence electrons. The molecule has 2 N–H and O–H groups in total. The fourth-order valence-corrected chi connectivity index (χ4v) is 4.24. The van der Waals surface area contributed by atoms with Gasteiger partial charge >= 0.3 is 12.4 Å². The van der Waals surface area contributed by atoms with E-state index in [1.54, 1.807) is 0 Å². The average molecular weight is 520 g/mol. The number of rotatable bonds is 4. The number of aryl methyl sites for hydroxylation is 1. The molecule has 0 saturated carbocycles. The van der Waals surface area contributed by atoms with Gasteiger partial charge in [-0.3, -0.25) is 4.68 Å². The minimum atomic E-state index is -4.76. The van der Waals surface area contributed by atoms with Crippen LogP contribution >= 0.6 is 11.6 Å². The van der Waals surface area contributed by atoms with Gasteiger partial charge in [0.15, 0.2) is 0 Å². The minimum Gasteiger partial charge on any atom is -0.506 e. The van der Waals surface area contributed by atoms with Crippen LogP contribution in [0.4, 0.5) is 26.3 Å². The Labute approximate surface area is 201 Å². The smallest absolute Gasteiger partial charge is 0.433 e. The number of hydrogen-bond acceptors (Lipinski definition) is 4. The van der Waals surface area contributed by atoms with Crippen molar-refractivity contribution in [3.63, 3.8) is 0 Å². The van der Waals surface area contributed by atoms with Crippen LogP contribution in [0.15, 0.2) is 36.4 Å². The number of alkyl halides is 6. The SMILES string of the molecule is Cn1nc(-c2ccc(OC3CCNCC3)c(-c3ccc(Cl)c(C(F)(F)F)c3)c2O)cc1C(F)(F)F. The molecule has 4 rings (SSSR count). The summed E-state index contributed by atoms with van der Waals surface area (Å²) in [5.74, 6) is -0.459. The third-order valence-electron chi connectivity index (χ3n) is 5.73. The molecule has 1 aliphatic heterocycles. The maximum absolute atomic E-state index is 13.5. The van der Waals surface area contributed by atoms with Gasteiger partial charge < -0.3 is 15.2 Å². The topological polar surface area (TPSA) is 59.3 Å². The zero-order chi connectivity index (χ0) is 25.5. The van der Waals surface area contributed by atoms with Gasteiger partial charge in [0.25, 0.3) is 0 Å². The lowest BCUT2D eigenvalue weighted by Crippen LogP contribution is -2.34. The fourth-order valence-electron chi connectivity index (χ4n) is 4.01. The molecule has 35 heavy (non-hydrogen) atoms. The second kappa shape index (κ2) is 9.27. The number of piperidine rings is 1. The Morgan fingerprint density at radius 2 is 1.71 bits per heavy atom. The summed E-state index contributed by atoms with van der Waals surface area (Å²) < 4.78 is 87.0. The van der Waals surface area contributed by atoms with Crippen LogP contribution in [-0.2, 0) is 19.4 Å². The number of ether oxygens (including phenoxy) is 1. The summed E-state index contributed by atoms with van der Waals surface area (Å²) in [7, 11) is 1.10. The maximum atomic E-state index is 13.5. The van der Waals surface area contributed by atoms with Gasteiger partial charge in [0, 0.05) is 12.6 Å². The maximum Gasteiger partial charge on any atom is 0.433 e. The highest BCUT2D eigenvalue weighted by Crippen LogP contribution is 2.47. The molecule has 3 aromatic rings. The molecule has 5 nitrogen and oxygen atoms in total. The normalized spacial score (nSPS) is 15.4. The molecule has 0 amide bonds. The monoisotopic (exact) mass is 519 g/mol. The first-order valence-corrected chi connectivity index (χ1v) is 11.0. The van der Waals surface area contributed by atoms with Gasteiger partial charge in [0.05, 0.1) is 21.8 Å². The van der Waals surface area contributed by atoms with E-state index in [1.807, 2.05) is 0 Å². The highest BCUT2D eigenvalue weighted by atomic mass is 35.5. The van der Waals surface area contributed by atoms with Crippen LogP contribution in [-0.4, -0.2) is 34.1 Å². The molecule has 2 heterocycles. The number of benzene rings is 2. The standard InChI is InChI=1S/C23H20ClF6N3O2/c1-33-19(23(28,29)30)11-17(32-33)14-3-5-18(35-13-6-8-31-9-7-13)20(21(14)34)12-2-4-16(24)15(10-12)22(25,26)27/h2-5,10-11,13,31,34H,6-9H2,1H3. The van der Waals surface area contributed by atoms with Gasteiger partial charge in [0.1, 0.15) is 23.3 Å². The third-order valence-corrected chi connectivity index (χ3v) is 6.06. The summed E-state index contributed by atoms with van der Waals surface area (Å²) >= 11 is 5.75. The van der Waals surface area contributed by atoms with E-state index in [0.29, 0.717) is 30.6 Å². The molecule has 1 saturated heterocycles. The predicted molar refractivity (Wildman–Crippen MR) is 117 cm³/mol. The lowest BCUT2D eigenvalue weighted by atomic mass is 9.96. The zero-order valence-electron chi connectivity index (χ0n) is 18.3. The van der Waals surface area contributed by atoms with Gasteiger partial charge in [-0.15, -0.1) is 0 Å². The van der Waals surface area contributed by atoms with Crippen molar-refractivity contribution in [2.45, 2.75) is 31.3 Å². The number of aromatic hydroxyl groups is 1. The van der Waals surface area contributed by atoms with E-state index in [0.717, 1.165) is 25.2 Å². The number of halogens is 7. The van der Waals surface area contributed by atoms with E-state index in [-0.39, 0.29) is 34.2 Å². The summed E-state index contributed by atoms with van der Waals surface area (Å²) in [6, 6.07) is 6.60. The quantitative estimate of drug-likeness (QED) is 0.398. The number of phenols is 1. The van der Waals surface area contributed by atoms with Crippen molar-refractivity contribution in [1.82, 2.24) is 15.1 Å². The molecular weight excluding hydrogens is 500 g/mol. The van der Waals surface area contributed by atoms with Crippen LogP contribution in [0.5, 0.6) is 11.5 Å². The van der Waals surface area contributed by atoms with Crippen molar-refractivity contribution >= 4 is 11.6 Å². The second-order valence-corrected chi connectivity index (χ2v) is 8.54. The Morgan fingerprint density at radius 3 is 2.31 bits per heavy atom. The van der Waals surface area contributed by atoms with Crippen LogP contribution in [0.2, 0.25) is 5.02 Å². The van der Waals surface area contributed by atoms with E-state index < -0.39 is 34.4 Å². The van der Waals surface area contributed by atoms with Crippen LogP contribution < -0.4 is 10.1 Å². The average Bonchev–Trinajstić information content (AvgIpc) is 3.16. The van der Waals surface area contributed by atoms with Gasteiger partial charge in [-0.1, -0.05) is 17.7 Å². The van der Waals surface area contributed by atoms with E-state index in [4.69, 9.17) is 16.3 Å². The van der Waals surface area contributed by atoms with Crippen molar-refractivity contribution in [2.24, 2.45) is 7.05 Å². The Kier molecular flexibility index (Phi) is 6.67. The molecule has 0 aliphatic carbocycles. The van der Waals surface area contributed by atoms with Crippen LogP contribution in [0.1, 0.15) is 24.1 Å². The van der Waals surface area contributed by atoms with Crippen molar-refractivity contribution in [1.29, 1.82) is 0 Å². The first kappa shape index (κ1) is 25.2. The number of phenolic OH excluding ortho intramolecular Hbond substituents is 1. The van der Waals surface area contributed by atoms with Crippen molar-refractivity contribution < 1.29 is 36.2 Å². The molecule has 0 unspecified atom stereocenters. The first-order valence-electron chi connectivity index (χ1n) is 10.6. The molecule has 0 atom stereocenters. The molecule has 1 aromatic heterocycles. The summed E-state index contributed by atoms with van der Waals surface area (Å²) in [5, 5.41) is 17.6. The minimum absolute atomic E-state index is 0.0583. The van der Waals surface area contributed by atoms with Crippen LogP contribution in [0.3, 0.4) is 0 Å². The van der Waals surface area contributed by atoms with E-state index in [2.05, 4.69) is 10.4 Å². The first-order chi connectivity index (χ1) is 16.4. The Hall–Kier alpha value is -2.92. The summed E-state index contributed by atoms with van der Waals surface area (Å²) in [6.07, 6.45) is -8.45. The summed E-state index contributed by atoms with van der Waals surface area (Å²) in [6.45, 7) is 1.36. The Bertz CT molecular complexity index is 1230. The van der Waals surface area contributed by atoms with Gasteiger partial charge in [-0.2, -0.15) is 31.4 Å². The predicted octanol–water partition coefficient (Wildman–Crippen LogP) is 6.28. The van der Waals surface area contributed by atoms with E-state index >= 15 is 0 Å². The molecule has 0 radical (unpaired) electrons. The number of aromatic nitrogens is 2. The van der Waals surface area contributed by atoms with Crippen molar-refractivity contribution in [3.8, 4) is 33.9 Å². The molecule has 2 aromatic carbocycles. The highest BCUT2D eigenvalue weighted by molar-refractivity contribution is 6.31. The largest absolute Gasteiger partial charge is 0.506 e. The lowest BCUT2D eigenvalue weighted by molar-refractivity contribution is -0.143. The molecule has 12 heteroatoms. The summed E-state index contributed by atoms with van der Waals surface area (Å²) in [5.41, 5.74) is -2.61. The van der Waals surface area contributed by atoms with Gasteiger partial charge in [-0.05, 0) is 61.8 Å². The van der Waals surface area contributed by atoms with E-state index in [1.165, 1.54) is 18.2 Å². The number of hydrogen-bond donors (Lipinski definition) is 2. The molecule has 1 aliphatic rings. The molecule has 0 bridgehead atoms. The molecule has 0 spiro atoms. The zero-order valence-corrected chi connectivity index (χ0v) is 19.0. The van der Waals surface area contributed by atoms with Crippen LogP contribution in [0, 0.1) is 0 Å². The van der Waals surface area contributed by atoms with Crippen molar-refractivity contribution in [2.75, 3.05) is 13.1 Å². The van der Waals surface area contributed by atoms with Gasteiger partial charge in [-0.25, -0.2) is 0 Å². The Balaban J connectivity index is 1.88. The number of nitrogens with zero attached hydrogens (tertiary/aromatic N) is 2. The van der Waals surface area contributed by atoms with Crippen LogP contribution in [0.25, 0.3) is 22.4 Å². The van der Waals surface area contributed by atoms with Crippen molar-refractivity contribution in [3.05, 3.63) is 52.7 Å². The molecular formula is C23H20ClF6N3O2. The lowest BCUT2D eigenvalue weighted by Gasteiger charge is -2.26. The second-order valence-electron chi connectivity index (χ2n) is 8.13. The fraction of sp³-hybridized carbons (Fsp3) is 0.348.